The van der Waals surface area contributed by atoms with Crippen molar-refractivity contribution in [2.45, 2.75) is 133 Å². The smallest absolute Gasteiger partial charge is 0.469 e. The van der Waals surface area contributed by atoms with E-state index in [0.29, 0.717) is 5.56 Å². The molecule has 0 fully saturated rings. The van der Waals surface area contributed by atoms with E-state index in [4.69, 9.17) is 27.2 Å². The molecular weight excluding hydrogens is 1160 g/mol. The summed E-state index contributed by atoms with van der Waals surface area (Å²) in [5.74, 6) is -3.63. The van der Waals surface area contributed by atoms with Gasteiger partial charge in [-0.1, -0.05) is 115 Å². The number of rotatable bonds is 14. The van der Waals surface area contributed by atoms with Crippen molar-refractivity contribution in [3.63, 3.8) is 0 Å². The summed E-state index contributed by atoms with van der Waals surface area (Å²) in [6.07, 6.45) is -0.659. The molecule has 0 aliphatic carbocycles. The zero-order chi connectivity index (χ0) is 57.1. The molecule has 3 aromatic carbocycles. The van der Waals surface area contributed by atoms with Crippen LogP contribution in [0.15, 0.2) is 80.3 Å². The molecule has 3 N–H and O–H groups in total. The lowest BCUT2D eigenvalue weighted by Crippen LogP contribution is -2.57. The van der Waals surface area contributed by atoms with Crippen LogP contribution >= 0.6 is 15.9 Å². The van der Waals surface area contributed by atoms with Gasteiger partial charge >= 0.3 is 31.2 Å². The molecule has 0 saturated heterocycles. The lowest BCUT2D eigenvalue weighted by Gasteiger charge is -2.45. The summed E-state index contributed by atoms with van der Waals surface area (Å²) in [5.41, 5.74) is -13.4. The van der Waals surface area contributed by atoms with Gasteiger partial charge < -0.3 is 38.1 Å². The predicted molar refractivity (Wildman–Crippen MR) is 280 cm³/mol. The monoisotopic (exact) mass is 1210 g/mol. The number of para-hydroxylation sites is 1. The minimum Gasteiger partial charge on any atom is -0.469 e. The first-order valence-corrected chi connectivity index (χ1v) is 30.6. The Balaban J connectivity index is 1.26. The zero-order valence-electron chi connectivity index (χ0n) is 43.5. The number of aromatic nitrogens is 3. The van der Waals surface area contributed by atoms with Crippen LogP contribution < -0.4 is 24.9 Å². The maximum atomic E-state index is 14.9. The molecule has 0 radical (unpaired) electrons. The summed E-state index contributed by atoms with van der Waals surface area (Å²) in [6.45, 7) is 19.8. The van der Waals surface area contributed by atoms with Crippen molar-refractivity contribution in [1.82, 2.24) is 24.6 Å². The summed E-state index contributed by atoms with van der Waals surface area (Å²) in [4.78, 5) is 39.1. The Bertz CT molecular complexity index is 3580. The van der Waals surface area contributed by atoms with E-state index < -0.39 is 92.8 Å². The van der Waals surface area contributed by atoms with Crippen LogP contribution in [0, 0.1) is 11.8 Å². The number of alkyl halides is 6. The van der Waals surface area contributed by atoms with Crippen LogP contribution in [-0.4, -0.2) is 80.3 Å². The van der Waals surface area contributed by atoms with Crippen molar-refractivity contribution in [1.29, 1.82) is 0 Å². The molecule has 2 amide bonds. The first-order valence-electron chi connectivity index (χ1n) is 24.9. The molecule has 4 bridgehead atoms. The number of fused-ring (bicyclic) bond motifs is 5. The second kappa shape index (κ2) is 19.7. The number of carbonyl (C=O) groups is 2. The van der Waals surface area contributed by atoms with Crippen LogP contribution in [0.25, 0.3) is 33.8 Å². The molecule has 1 unspecified atom stereocenters. The second-order valence-electron chi connectivity index (χ2n) is 21.2. The Labute approximate surface area is 454 Å². The normalized spacial score (nSPS) is 20.1. The van der Waals surface area contributed by atoms with Gasteiger partial charge in [-0.25, -0.2) is 13.9 Å². The largest absolute Gasteiger partial charge is 0.534 e. The maximum Gasteiger partial charge on any atom is 0.534 e. The van der Waals surface area contributed by atoms with E-state index >= 15 is 0 Å². The average Bonchev–Trinajstić information content (AvgIpc) is 4.37. The summed E-state index contributed by atoms with van der Waals surface area (Å²) in [6, 6.07) is 10.2. The number of nitrogens with one attached hydrogen (secondary N) is 3. The van der Waals surface area contributed by atoms with E-state index in [1.165, 1.54) is 24.3 Å². The third-order valence-corrected chi connectivity index (χ3v) is 23.9. The summed E-state index contributed by atoms with van der Waals surface area (Å²) in [5, 5.41) is 9.01. The first kappa shape index (κ1) is 56.8. The number of benzene rings is 3. The van der Waals surface area contributed by atoms with Gasteiger partial charge in [-0.3, -0.25) is 9.59 Å². The van der Waals surface area contributed by atoms with Crippen LogP contribution in [0.5, 0.6) is 11.5 Å². The van der Waals surface area contributed by atoms with Crippen molar-refractivity contribution < 1.29 is 74.9 Å². The summed E-state index contributed by atoms with van der Waals surface area (Å²) < 4.78 is 167. The van der Waals surface area contributed by atoms with Crippen LogP contribution in [0.1, 0.15) is 104 Å². The number of oxazole rings is 2. The van der Waals surface area contributed by atoms with Crippen LogP contribution in [-0.2, 0) is 46.0 Å². The number of amides is 2. The first-order chi connectivity index (χ1) is 36.3. The topological polar surface area (TPSA) is 223 Å². The van der Waals surface area contributed by atoms with Gasteiger partial charge in [0.25, 0.3) is 0 Å². The highest BCUT2D eigenvalue weighted by atomic mass is 79.9. The number of hydrogen-bond acceptors (Lipinski definition) is 14. The van der Waals surface area contributed by atoms with E-state index in [2.05, 4.69) is 78.4 Å². The van der Waals surface area contributed by atoms with Crippen molar-refractivity contribution in [3.05, 3.63) is 99.8 Å². The van der Waals surface area contributed by atoms with Crippen molar-refractivity contribution in [3.8, 4) is 34.4 Å². The minimum absolute atomic E-state index is 0.0104. The Morgan fingerprint density at radius 2 is 1.55 bits per heavy atom. The molecule has 17 nitrogen and oxygen atoms in total. The van der Waals surface area contributed by atoms with Gasteiger partial charge in [0.05, 0.1) is 17.4 Å². The molecule has 5 atom stereocenters. The van der Waals surface area contributed by atoms with Crippen LogP contribution in [0.3, 0.4) is 0 Å². The van der Waals surface area contributed by atoms with E-state index in [9.17, 15) is 52.8 Å². The lowest BCUT2D eigenvalue weighted by molar-refractivity contribution is -0.135. The molecule has 78 heavy (non-hydrogen) atoms. The molecule has 1 spiro atoms. The SMILES string of the molecule is CC(C)[C@H](O[Si](C(C)C)(C(C)C)C(C)C)C(=O)N[C@H]1Cc2ccc3c(c2)C2(c4cccc(OS(=O)(=O)C(F)(F)F)c4N[C@H]2O3)c2oc(nc2-c2ncc(-c3cn(S(=O)(=O)C(F)(F)F)c4cccc(Br)c34)o2)[C@H](C(C)C)NC1=O. The Morgan fingerprint density at radius 3 is 2.17 bits per heavy atom. The quantitative estimate of drug-likeness (QED) is 0.0399. The number of nitrogens with zero attached hydrogens (tertiary/aromatic N) is 3. The Kier molecular flexibility index (Phi) is 14.4. The standard InChI is InChI=1S/C51H55BrF6N6O11S2Si/c1-23(2)39-47-62-41(46-59-21-37(71-46)29-22-64(76(67,68)50(53,54)55)34-15-12-14-32(52)38(29)34)43(73-47)49-30-13-11-16-36(74-77(69,70)51(56,57)58)40(30)63-48(49)72-35-18-17-28(19-31(35)49)20-33(44(65)61-39)60-45(66)42(24(3)4)75-78(25(5)6,26(7)8)27(9)10/h11-19,21-27,33,39,42,48,63H,20H2,1-10H3,(H,60,66)(H,61,65)/t33-,39-,42-,48-,49?/m0/s1. The third kappa shape index (κ3) is 9.07. The van der Waals surface area contributed by atoms with Gasteiger partial charge in [-0.05, 0) is 58.3 Å². The van der Waals surface area contributed by atoms with Gasteiger partial charge in [0, 0.05) is 39.2 Å². The molecule has 27 heteroatoms. The summed E-state index contributed by atoms with van der Waals surface area (Å²) in [7, 11) is -14.9. The van der Waals surface area contributed by atoms with E-state index in [1.807, 2.05) is 13.8 Å². The van der Waals surface area contributed by atoms with Crippen molar-refractivity contribution >= 4 is 72.8 Å². The number of carbonyl (C=O) groups excluding carboxylic acids is 2. The fourth-order valence-corrected chi connectivity index (χ4v) is 18.9. The van der Waals surface area contributed by atoms with Gasteiger partial charge in [0.2, 0.25) is 31.9 Å². The highest BCUT2D eigenvalue weighted by Gasteiger charge is 2.62. The van der Waals surface area contributed by atoms with Crippen LogP contribution in [0.2, 0.25) is 16.6 Å². The van der Waals surface area contributed by atoms with E-state index in [1.54, 1.807) is 32.0 Å². The fourth-order valence-electron chi connectivity index (χ4n) is 11.3. The van der Waals surface area contributed by atoms with Crippen LogP contribution in [0.4, 0.5) is 32.0 Å². The second-order valence-corrected chi connectivity index (χ2v) is 30.8. The van der Waals surface area contributed by atoms with E-state index in [-0.39, 0.29) is 105 Å². The lowest BCUT2D eigenvalue weighted by atomic mass is 9.72. The third-order valence-electron chi connectivity index (χ3n) is 14.8. The minimum atomic E-state index is -6.26. The predicted octanol–water partition coefficient (Wildman–Crippen LogP) is 11.2. The highest BCUT2D eigenvalue weighted by Crippen LogP contribution is 2.61. The fraction of sp³-hybridized carbons (Fsp3) is 0.451. The maximum absolute atomic E-state index is 14.9. The van der Waals surface area contributed by atoms with Gasteiger partial charge in [0.15, 0.2) is 29.2 Å². The number of anilines is 1. The Hall–Kier alpha value is -5.90. The summed E-state index contributed by atoms with van der Waals surface area (Å²) >= 11 is 3.33. The highest BCUT2D eigenvalue weighted by molar-refractivity contribution is 9.10. The van der Waals surface area contributed by atoms with Gasteiger partial charge in [-0.2, -0.15) is 43.2 Å². The number of halogens is 7. The number of hydrogen-bond donors (Lipinski definition) is 3. The molecule has 3 aromatic heterocycles. The molecule has 9 rings (SSSR count). The van der Waals surface area contributed by atoms with Crippen molar-refractivity contribution in [2.75, 3.05) is 5.32 Å². The molecule has 3 aliphatic heterocycles. The van der Waals surface area contributed by atoms with Crippen molar-refractivity contribution in [2.24, 2.45) is 11.8 Å². The van der Waals surface area contributed by atoms with E-state index in [0.717, 1.165) is 24.5 Å². The Morgan fingerprint density at radius 1 is 0.885 bits per heavy atom. The molecule has 6 heterocycles. The molecular formula is C51H55BrF6N6O11S2Si. The number of ether oxygens (including phenoxy) is 1. The van der Waals surface area contributed by atoms with Gasteiger partial charge in [0.1, 0.15) is 29.4 Å². The average molecular weight is 1210 g/mol. The van der Waals surface area contributed by atoms with Gasteiger partial charge in [-0.15, -0.1) is 0 Å². The zero-order valence-corrected chi connectivity index (χ0v) is 47.8. The molecule has 420 valence electrons. The molecule has 0 saturated carbocycles. The molecule has 3 aliphatic rings. The molecule has 6 aromatic rings.